The first kappa shape index (κ1) is 17.4. The molecule has 0 aromatic heterocycles. The van der Waals surface area contributed by atoms with E-state index in [1.165, 1.54) is 19.2 Å². The van der Waals surface area contributed by atoms with Crippen molar-refractivity contribution in [2.45, 2.75) is 40.3 Å². The van der Waals surface area contributed by atoms with E-state index in [9.17, 15) is 9.18 Å². The molecule has 0 bridgehead atoms. The number of halogens is 1. The van der Waals surface area contributed by atoms with E-state index in [4.69, 9.17) is 9.47 Å². The molecule has 0 aliphatic heterocycles. The second-order valence-electron chi connectivity index (χ2n) is 5.99. The molecule has 0 saturated heterocycles. The maximum Gasteiger partial charge on any atom is 0.314 e. The Labute approximate surface area is 125 Å². The lowest BCUT2D eigenvalue weighted by Crippen LogP contribution is -2.32. The third kappa shape index (κ3) is 5.71. The SMILES string of the molecule is COC(=O)C(C)(C)COc1cc(F)cc(CNC(C)C)c1. The van der Waals surface area contributed by atoms with Gasteiger partial charge in [0.2, 0.25) is 0 Å². The number of carbonyl (C=O) groups excluding carboxylic acids is 1. The number of carbonyl (C=O) groups is 1. The van der Waals surface area contributed by atoms with E-state index in [1.807, 2.05) is 13.8 Å². The van der Waals surface area contributed by atoms with Gasteiger partial charge in [-0.1, -0.05) is 13.8 Å². The Morgan fingerprint density at radius 2 is 2.00 bits per heavy atom. The summed E-state index contributed by atoms with van der Waals surface area (Å²) in [5.41, 5.74) is 0.0202. The van der Waals surface area contributed by atoms with Crippen LogP contribution in [0, 0.1) is 11.2 Å². The van der Waals surface area contributed by atoms with Gasteiger partial charge >= 0.3 is 5.97 Å². The first-order valence-electron chi connectivity index (χ1n) is 6.98. The summed E-state index contributed by atoms with van der Waals surface area (Å²) in [6.45, 7) is 8.18. The van der Waals surface area contributed by atoms with Gasteiger partial charge in [0.15, 0.2) is 0 Å². The van der Waals surface area contributed by atoms with Gasteiger partial charge < -0.3 is 14.8 Å². The van der Waals surface area contributed by atoms with Crippen LogP contribution in [0.25, 0.3) is 0 Å². The number of esters is 1. The molecular weight excluding hydrogens is 273 g/mol. The molecule has 0 aliphatic carbocycles. The fourth-order valence-electron chi connectivity index (χ4n) is 1.73. The molecule has 118 valence electrons. The minimum absolute atomic E-state index is 0.125. The van der Waals surface area contributed by atoms with Crippen molar-refractivity contribution in [3.05, 3.63) is 29.6 Å². The zero-order valence-corrected chi connectivity index (χ0v) is 13.3. The zero-order valence-electron chi connectivity index (χ0n) is 13.3. The molecule has 21 heavy (non-hydrogen) atoms. The van der Waals surface area contributed by atoms with Crippen LogP contribution in [-0.4, -0.2) is 25.7 Å². The lowest BCUT2D eigenvalue weighted by molar-refractivity contribution is -0.152. The molecule has 0 amide bonds. The molecule has 1 rings (SSSR count). The Hall–Kier alpha value is -1.62. The predicted molar refractivity (Wildman–Crippen MR) is 79.7 cm³/mol. The van der Waals surface area contributed by atoms with Gasteiger partial charge in [0.05, 0.1) is 12.5 Å². The van der Waals surface area contributed by atoms with Crippen molar-refractivity contribution in [1.82, 2.24) is 5.32 Å². The Balaban J connectivity index is 2.73. The maximum absolute atomic E-state index is 13.6. The monoisotopic (exact) mass is 297 g/mol. The van der Waals surface area contributed by atoms with E-state index in [-0.39, 0.29) is 18.4 Å². The van der Waals surface area contributed by atoms with E-state index in [0.29, 0.717) is 18.3 Å². The average Bonchev–Trinajstić information content (AvgIpc) is 2.41. The summed E-state index contributed by atoms with van der Waals surface area (Å²) in [7, 11) is 1.34. The summed E-state index contributed by atoms with van der Waals surface area (Å²) in [6, 6.07) is 4.86. The van der Waals surface area contributed by atoms with Crippen molar-refractivity contribution in [3.63, 3.8) is 0 Å². The molecule has 0 spiro atoms. The normalized spacial score (nSPS) is 11.6. The minimum atomic E-state index is -0.780. The molecule has 5 heteroatoms. The second kappa shape index (κ2) is 7.41. The highest BCUT2D eigenvalue weighted by molar-refractivity contribution is 5.75. The second-order valence-corrected chi connectivity index (χ2v) is 5.99. The van der Waals surface area contributed by atoms with Crippen LogP contribution >= 0.6 is 0 Å². The standard InChI is InChI=1S/C16H24FNO3/c1-11(2)18-9-12-6-13(17)8-14(7-12)21-10-16(3,4)15(19)20-5/h6-8,11,18H,9-10H2,1-5H3. The number of ether oxygens (including phenoxy) is 2. The molecule has 1 aromatic carbocycles. The van der Waals surface area contributed by atoms with Gasteiger partial charge in [0.1, 0.15) is 18.2 Å². The first-order valence-corrected chi connectivity index (χ1v) is 6.98. The average molecular weight is 297 g/mol. The molecule has 0 atom stereocenters. The van der Waals surface area contributed by atoms with Gasteiger partial charge in [0.25, 0.3) is 0 Å². The maximum atomic E-state index is 13.6. The molecule has 4 nitrogen and oxygen atoms in total. The van der Waals surface area contributed by atoms with Crippen molar-refractivity contribution in [3.8, 4) is 5.75 Å². The van der Waals surface area contributed by atoms with Gasteiger partial charge in [-0.2, -0.15) is 0 Å². The number of hydrogen-bond acceptors (Lipinski definition) is 4. The number of benzene rings is 1. The summed E-state index contributed by atoms with van der Waals surface area (Å²) in [6.07, 6.45) is 0. The number of nitrogens with one attached hydrogen (secondary N) is 1. The smallest absolute Gasteiger partial charge is 0.314 e. The third-order valence-electron chi connectivity index (χ3n) is 2.98. The van der Waals surface area contributed by atoms with Gasteiger partial charge in [0, 0.05) is 18.7 Å². The number of methoxy groups -OCH3 is 1. The summed E-state index contributed by atoms with van der Waals surface area (Å²) in [5, 5.41) is 3.22. The van der Waals surface area contributed by atoms with Crippen LogP contribution in [0.1, 0.15) is 33.3 Å². The first-order chi connectivity index (χ1) is 9.74. The highest BCUT2D eigenvalue weighted by atomic mass is 19.1. The summed E-state index contributed by atoms with van der Waals surface area (Å²) in [4.78, 5) is 11.6. The lowest BCUT2D eigenvalue weighted by Gasteiger charge is -2.22. The highest BCUT2D eigenvalue weighted by Crippen LogP contribution is 2.22. The van der Waals surface area contributed by atoms with E-state index in [2.05, 4.69) is 5.32 Å². The number of rotatable bonds is 7. The van der Waals surface area contributed by atoms with E-state index >= 15 is 0 Å². The molecule has 1 aromatic rings. The van der Waals surface area contributed by atoms with Crippen LogP contribution < -0.4 is 10.1 Å². The summed E-state index contributed by atoms with van der Waals surface area (Å²) in [5.74, 6) is -0.308. The molecule has 0 unspecified atom stereocenters. The van der Waals surface area contributed by atoms with Gasteiger partial charge in [-0.05, 0) is 31.5 Å². The Bertz CT molecular complexity index is 486. The van der Waals surface area contributed by atoms with Crippen LogP contribution in [-0.2, 0) is 16.1 Å². The van der Waals surface area contributed by atoms with E-state index in [1.54, 1.807) is 19.9 Å². The molecule has 1 N–H and O–H groups in total. The Morgan fingerprint density at radius 1 is 1.33 bits per heavy atom. The van der Waals surface area contributed by atoms with Crippen molar-refractivity contribution in [1.29, 1.82) is 0 Å². The van der Waals surface area contributed by atoms with Gasteiger partial charge in [-0.3, -0.25) is 4.79 Å². The predicted octanol–water partition coefficient (Wildman–Crippen LogP) is 2.90. The fourth-order valence-corrected chi connectivity index (χ4v) is 1.73. The number of hydrogen-bond donors (Lipinski definition) is 1. The van der Waals surface area contributed by atoms with Crippen LogP contribution in [0.3, 0.4) is 0 Å². The Kier molecular flexibility index (Phi) is 6.15. The van der Waals surface area contributed by atoms with E-state index < -0.39 is 5.41 Å². The third-order valence-corrected chi connectivity index (χ3v) is 2.98. The topological polar surface area (TPSA) is 47.6 Å². The largest absolute Gasteiger partial charge is 0.492 e. The van der Waals surface area contributed by atoms with Gasteiger partial charge in [-0.25, -0.2) is 4.39 Å². The van der Waals surface area contributed by atoms with Crippen LogP contribution in [0.5, 0.6) is 5.75 Å². The van der Waals surface area contributed by atoms with Crippen LogP contribution in [0.2, 0.25) is 0 Å². The molecule has 0 heterocycles. The zero-order chi connectivity index (χ0) is 16.0. The fraction of sp³-hybridized carbons (Fsp3) is 0.562. The molecule has 0 saturated carbocycles. The lowest BCUT2D eigenvalue weighted by atomic mass is 9.95. The summed E-state index contributed by atoms with van der Waals surface area (Å²) < 4.78 is 23.9. The molecule has 0 fully saturated rings. The molecular formula is C16H24FNO3. The van der Waals surface area contributed by atoms with Crippen LogP contribution in [0.4, 0.5) is 4.39 Å². The van der Waals surface area contributed by atoms with E-state index in [0.717, 1.165) is 5.56 Å². The minimum Gasteiger partial charge on any atom is -0.492 e. The van der Waals surface area contributed by atoms with Crippen molar-refractivity contribution in [2.75, 3.05) is 13.7 Å². The van der Waals surface area contributed by atoms with Crippen molar-refractivity contribution >= 4 is 5.97 Å². The molecule has 0 radical (unpaired) electrons. The quantitative estimate of drug-likeness (QED) is 0.786. The van der Waals surface area contributed by atoms with Crippen molar-refractivity contribution < 1.29 is 18.7 Å². The summed E-state index contributed by atoms with van der Waals surface area (Å²) >= 11 is 0. The Morgan fingerprint density at radius 3 is 2.57 bits per heavy atom. The molecule has 0 aliphatic rings. The van der Waals surface area contributed by atoms with Crippen LogP contribution in [0.15, 0.2) is 18.2 Å². The van der Waals surface area contributed by atoms with Crippen molar-refractivity contribution in [2.24, 2.45) is 5.41 Å². The highest BCUT2D eigenvalue weighted by Gasteiger charge is 2.29. The van der Waals surface area contributed by atoms with Gasteiger partial charge in [-0.15, -0.1) is 0 Å².